The van der Waals surface area contributed by atoms with Gasteiger partial charge in [-0.25, -0.2) is 4.98 Å². The van der Waals surface area contributed by atoms with Gasteiger partial charge in [-0.05, 0) is 37.5 Å². The summed E-state index contributed by atoms with van der Waals surface area (Å²) in [4.78, 5) is 4.44. The van der Waals surface area contributed by atoms with E-state index < -0.39 is 5.60 Å². The second-order valence-corrected chi connectivity index (χ2v) is 6.95. The fourth-order valence-electron chi connectivity index (χ4n) is 1.91. The van der Waals surface area contributed by atoms with Crippen LogP contribution in [0.25, 0.3) is 0 Å². The van der Waals surface area contributed by atoms with E-state index in [1.54, 1.807) is 25.2 Å². The summed E-state index contributed by atoms with van der Waals surface area (Å²) in [5.41, 5.74) is 1.17. The maximum atomic E-state index is 9.89. The van der Waals surface area contributed by atoms with Crippen LogP contribution < -0.4 is 4.74 Å². The Bertz CT molecular complexity index is 567. The fourth-order valence-corrected chi connectivity index (χ4v) is 2.85. The van der Waals surface area contributed by atoms with E-state index in [1.165, 1.54) is 5.56 Å². The van der Waals surface area contributed by atoms with Crippen LogP contribution in [0.15, 0.2) is 29.6 Å². The van der Waals surface area contributed by atoms with Crippen LogP contribution in [0.5, 0.6) is 5.75 Å². The number of aromatic nitrogens is 1. The number of thiazole rings is 1. The summed E-state index contributed by atoms with van der Waals surface area (Å²) in [6.45, 7) is 8.45. The van der Waals surface area contributed by atoms with Gasteiger partial charge in [0.25, 0.3) is 0 Å². The van der Waals surface area contributed by atoms with Gasteiger partial charge in [0.15, 0.2) is 0 Å². The minimum absolute atomic E-state index is 0.537. The van der Waals surface area contributed by atoms with Crippen LogP contribution in [0.2, 0.25) is 0 Å². The molecule has 0 spiro atoms. The third-order valence-electron chi connectivity index (χ3n) is 3.31. The van der Waals surface area contributed by atoms with Crippen molar-refractivity contribution in [1.82, 2.24) is 4.98 Å². The number of nitrogens with zero attached hydrogens (tertiary/aromatic N) is 1. The van der Waals surface area contributed by atoms with E-state index in [4.69, 9.17) is 4.74 Å². The molecule has 0 saturated heterocycles. The predicted molar refractivity (Wildman–Crippen MR) is 87.1 cm³/mol. The molecule has 1 heterocycles. The summed E-state index contributed by atoms with van der Waals surface area (Å²) >= 11 is 1.57. The average Bonchev–Trinajstić information content (AvgIpc) is 2.88. The highest BCUT2D eigenvalue weighted by atomic mass is 32.1. The van der Waals surface area contributed by atoms with E-state index in [1.807, 2.05) is 17.5 Å². The van der Waals surface area contributed by atoms with Crippen molar-refractivity contribution in [2.24, 2.45) is 0 Å². The zero-order valence-corrected chi connectivity index (χ0v) is 13.9. The summed E-state index contributed by atoms with van der Waals surface area (Å²) in [7, 11) is 0. The van der Waals surface area contributed by atoms with E-state index in [9.17, 15) is 5.11 Å². The molecular weight excluding hydrogens is 282 g/mol. The van der Waals surface area contributed by atoms with Crippen LogP contribution >= 0.6 is 11.3 Å². The molecule has 0 aliphatic rings. The Morgan fingerprint density at radius 2 is 1.90 bits per heavy atom. The van der Waals surface area contributed by atoms with Crippen molar-refractivity contribution < 1.29 is 9.84 Å². The highest BCUT2D eigenvalue weighted by Gasteiger charge is 2.19. The third-order valence-corrected chi connectivity index (χ3v) is 4.22. The van der Waals surface area contributed by atoms with Gasteiger partial charge in [-0.3, -0.25) is 0 Å². The normalized spacial score (nSPS) is 11.9. The molecule has 0 aliphatic carbocycles. The van der Waals surface area contributed by atoms with Crippen LogP contribution in [0.4, 0.5) is 0 Å². The van der Waals surface area contributed by atoms with Crippen molar-refractivity contribution >= 4 is 11.3 Å². The molecule has 0 unspecified atom stereocenters. The molecule has 4 heteroatoms. The number of hydrogen-bond acceptors (Lipinski definition) is 4. The summed E-state index contributed by atoms with van der Waals surface area (Å²) < 4.78 is 5.74. The summed E-state index contributed by atoms with van der Waals surface area (Å²) in [5.74, 6) is 1.42. The third kappa shape index (κ3) is 4.55. The van der Waals surface area contributed by atoms with Crippen molar-refractivity contribution in [2.75, 3.05) is 6.61 Å². The van der Waals surface area contributed by atoms with Gasteiger partial charge >= 0.3 is 0 Å². The number of ether oxygens (including phenoxy) is 1. The van der Waals surface area contributed by atoms with Crippen LogP contribution in [0, 0.1) is 0 Å². The van der Waals surface area contributed by atoms with Crippen LogP contribution in [0.3, 0.4) is 0 Å². The summed E-state index contributed by atoms with van der Waals surface area (Å²) in [6, 6.07) is 8.24. The fraction of sp³-hybridized carbons (Fsp3) is 0.471. The van der Waals surface area contributed by atoms with Gasteiger partial charge in [0.2, 0.25) is 0 Å². The van der Waals surface area contributed by atoms with Crippen LogP contribution in [-0.4, -0.2) is 16.7 Å². The molecule has 0 radical (unpaired) electrons. The summed E-state index contributed by atoms with van der Waals surface area (Å²) in [5, 5.41) is 12.8. The lowest BCUT2D eigenvalue weighted by Crippen LogP contribution is -2.16. The van der Waals surface area contributed by atoms with Crippen LogP contribution in [0.1, 0.15) is 49.9 Å². The molecule has 21 heavy (non-hydrogen) atoms. The minimum atomic E-state index is -0.873. The quantitative estimate of drug-likeness (QED) is 0.873. The standard InChI is InChI=1S/C17H23NO2S/c1-12(2)13-5-7-14(8-6-13)20-10-9-16-18-15(11-21-16)17(3,4)19/h5-8,11-12,19H,9-10H2,1-4H3. The van der Waals surface area contributed by atoms with Crippen molar-refractivity contribution in [3.8, 4) is 5.75 Å². The topological polar surface area (TPSA) is 42.4 Å². The lowest BCUT2D eigenvalue weighted by Gasteiger charge is -2.13. The Labute approximate surface area is 130 Å². The number of hydrogen-bond donors (Lipinski definition) is 1. The lowest BCUT2D eigenvalue weighted by molar-refractivity contribution is 0.0743. The molecule has 3 nitrogen and oxygen atoms in total. The smallest absolute Gasteiger partial charge is 0.119 e. The van der Waals surface area contributed by atoms with Gasteiger partial charge in [-0.2, -0.15) is 0 Å². The van der Waals surface area contributed by atoms with Gasteiger partial charge in [0, 0.05) is 11.8 Å². The Kier molecular flexibility index (Phi) is 5.01. The van der Waals surface area contributed by atoms with Crippen molar-refractivity contribution in [1.29, 1.82) is 0 Å². The van der Waals surface area contributed by atoms with Gasteiger partial charge < -0.3 is 9.84 Å². The van der Waals surface area contributed by atoms with Crippen molar-refractivity contribution in [3.63, 3.8) is 0 Å². The Hall–Kier alpha value is -1.39. The van der Waals surface area contributed by atoms with Crippen molar-refractivity contribution in [2.45, 2.75) is 45.6 Å². The van der Waals surface area contributed by atoms with E-state index in [2.05, 4.69) is 31.0 Å². The maximum Gasteiger partial charge on any atom is 0.119 e. The monoisotopic (exact) mass is 305 g/mol. The first-order chi connectivity index (χ1) is 9.86. The van der Waals surface area contributed by atoms with Gasteiger partial charge in [0.05, 0.1) is 17.3 Å². The summed E-state index contributed by atoms with van der Waals surface area (Å²) in [6.07, 6.45) is 0.757. The zero-order chi connectivity index (χ0) is 15.5. The molecule has 2 rings (SSSR count). The molecule has 0 bridgehead atoms. The Balaban J connectivity index is 1.85. The molecule has 1 N–H and O–H groups in total. The van der Waals surface area contributed by atoms with E-state index >= 15 is 0 Å². The number of rotatable bonds is 6. The molecule has 1 aromatic carbocycles. The minimum Gasteiger partial charge on any atom is -0.493 e. The first-order valence-electron chi connectivity index (χ1n) is 7.26. The molecule has 2 aromatic rings. The second kappa shape index (κ2) is 6.58. The molecule has 1 aromatic heterocycles. The second-order valence-electron chi connectivity index (χ2n) is 6.01. The van der Waals surface area contributed by atoms with Gasteiger partial charge in [-0.1, -0.05) is 26.0 Å². The zero-order valence-electron chi connectivity index (χ0n) is 13.1. The molecule has 0 amide bonds. The van der Waals surface area contributed by atoms with E-state index in [-0.39, 0.29) is 0 Å². The van der Waals surface area contributed by atoms with Gasteiger partial charge in [0.1, 0.15) is 11.4 Å². The Morgan fingerprint density at radius 3 is 2.43 bits per heavy atom. The highest BCUT2D eigenvalue weighted by molar-refractivity contribution is 7.09. The first kappa shape index (κ1) is 16.0. The molecule has 0 atom stereocenters. The Morgan fingerprint density at radius 1 is 1.24 bits per heavy atom. The van der Waals surface area contributed by atoms with E-state index in [0.29, 0.717) is 12.5 Å². The molecule has 0 aliphatic heterocycles. The number of aliphatic hydroxyl groups is 1. The van der Waals surface area contributed by atoms with Crippen LogP contribution in [-0.2, 0) is 12.0 Å². The van der Waals surface area contributed by atoms with Gasteiger partial charge in [-0.15, -0.1) is 11.3 Å². The maximum absolute atomic E-state index is 9.89. The van der Waals surface area contributed by atoms with E-state index in [0.717, 1.165) is 22.9 Å². The molecule has 0 saturated carbocycles. The SMILES string of the molecule is CC(C)c1ccc(OCCc2nc(C(C)(C)O)cs2)cc1. The molecular formula is C17H23NO2S. The molecule has 114 valence electrons. The lowest BCUT2D eigenvalue weighted by atomic mass is 10.0. The highest BCUT2D eigenvalue weighted by Crippen LogP contribution is 2.22. The first-order valence-corrected chi connectivity index (χ1v) is 8.14. The average molecular weight is 305 g/mol. The largest absolute Gasteiger partial charge is 0.493 e. The van der Waals surface area contributed by atoms with Crippen molar-refractivity contribution in [3.05, 3.63) is 45.9 Å². The number of benzene rings is 1. The predicted octanol–water partition coefficient (Wildman–Crippen LogP) is 4.12. The molecule has 0 fully saturated rings.